The number of allylic oxidation sites excluding steroid dienone is 3. The van der Waals surface area contributed by atoms with Gasteiger partial charge in [-0.2, -0.15) is 0 Å². The molecule has 0 saturated heterocycles. The summed E-state index contributed by atoms with van der Waals surface area (Å²) in [6.45, 7) is 0. The molecule has 2 nitrogen and oxygen atoms in total. The molecule has 2 heteroatoms. The summed E-state index contributed by atoms with van der Waals surface area (Å²) in [5.41, 5.74) is 8.76. The number of nitrogens with zero attached hydrogens (tertiary/aromatic N) is 1. The fourth-order valence-electron chi connectivity index (χ4n) is 5.77. The molecule has 156 valence electrons. The number of hydrogen-bond acceptors (Lipinski definition) is 1. The molecule has 0 fully saturated rings. The monoisotopic (exact) mass is 415 g/mol. The van der Waals surface area contributed by atoms with Crippen LogP contribution in [0.15, 0.2) is 83.3 Å². The van der Waals surface area contributed by atoms with E-state index < -0.39 is 0 Å². The number of para-hydroxylation sites is 1. The van der Waals surface area contributed by atoms with Gasteiger partial charge in [-0.15, -0.1) is 0 Å². The van der Waals surface area contributed by atoms with Crippen LogP contribution < -0.4 is 0 Å². The number of aromatic nitrogens is 1. The van der Waals surface area contributed by atoms with Crippen molar-refractivity contribution in [2.24, 2.45) is 0 Å². The van der Waals surface area contributed by atoms with E-state index in [1.807, 2.05) is 12.1 Å². The summed E-state index contributed by atoms with van der Waals surface area (Å²) in [6.07, 6.45) is 15.2. The van der Waals surface area contributed by atoms with Gasteiger partial charge in [0.05, 0.1) is 0 Å². The van der Waals surface area contributed by atoms with Crippen LogP contribution in [-0.4, -0.2) is 4.57 Å². The predicted molar refractivity (Wildman–Crippen MR) is 134 cm³/mol. The van der Waals surface area contributed by atoms with Crippen LogP contribution in [-0.2, 0) is 6.42 Å². The lowest BCUT2D eigenvalue weighted by Crippen LogP contribution is -2.14. The molecule has 1 unspecified atom stereocenters. The highest BCUT2D eigenvalue weighted by Crippen LogP contribution is 2.40. The van der Waals surface area contributed by atoms with Crippen LogP contribution in [0.4, 0.5) is 0 Å². The SMILES string of the molecule is C1=Cc2c(n(C3CC=CCC3)c3ccc(-c4ccc5oc6ccccc6c5c4)cc23)CC1. The van der Waals surface area contributed by atoms with E-state index in [0.29, 0.717) is 6.04 Å². The molecule has 0 amide bonds. The zero-order chi connectivity index (χ0) is 21.1. The van der Waals surface area contributed by atoms with Crippen molar-refractivity contribution in [2.75, 3.05) is 0 Å². The molecule has 0 N–H and O–H groups in total. The maximum absolute atomic E-state index is 6.04. The molecule has 0 aliphatic heterocycles. The Labute approximate surface area is 187 Å². The van der Waals surface area contributed by atoms with Gasteiger partial charge in [-0.3, -0.25) is 0 Å². The number of rotatable bonds is 2. The highest BCUT2D eigenvalue weighted by molar-refractivity contribution is 6.06. The first-order valence-corrected chi connectivity index (χ1v) is 11.8. The number of hydrogen-bond donors (Lipinski definition) is 0. The summed E-state index contributed by atoms with van der Waals surface area (Å²) in [5.74, 6) is 0. The lowest BCUT2D eigenvalue weighted by Gasteiger charge is -2.24. The van der Waals surface area contributed by atoms with Gasteiger partial charge in [0.25, 0.3) is 0 Å². The largest absolute Gasteiger partial charge is 0.456 e. The van der Waals surface area contributed by atoms with Gasteiger partial charge >= 0.3 is 0 Å². The van der Waals surface area contributed by atoms with Gasteiger partial charge in [0.1, 0.15) is 11.2 Å². The summed E-state index contributed by atoms with van der Waals surface area (Å²) in [5, 5.41) is 3.76. The van der Waals surface area contributed by atoms with Crippen LogP contribution in [0.2, 0.25) is 0 Å². The Kier molecular flexibility index (Phi) is 3.96. The Morgan fingerprint density at radius 2 is 1.59 bits per heavy atom. The van der Waals surface area contributed by atoms with E-state index in [-0.39, 0.29) is 0 Å². The maximum atomic E-state index is 6.04. The van der Waals surface area contributed by atoms with Crippen molar-refractivity contribution >= 4 is 38.9 Å². The van der Waals surface area contributed by atoms with Crippen LogP contribution >= 0.6 is 0 Å². The average Bonchev–Trinajstić information content (AvgIpc) is 3.39. The number of benzene rings is 3. The van der Waals surface area contributed by atoms with Crippen molar-refractivity contribution in [3.63, 3.8) is 0 Å². The normalized spacial score (nSPS) is 18.1. The van der Waals surface area contributed by atoms with Gasteiger partial charge in [0.15, 0.2) is 0 Å². The van der Waals surface area contributed by atoms with Gasteiger partial charge in [0.2, 0.25) is 0 Å². The third-order valence-corrected chi connectivity index (χ3v) is 7.30. The lowest BCUT2D eigenvalue weighted by molar-refractivity contribution is 0.460. The third-order valence-electron chi connectivity index (χ3n) is 7.30. The fraction of sp³-hybridized carbons (Fsp3) is 0.200. The highest BCUT2D eigenvalue weighted by atomic mass is 16.3. The summed E-state index contributed by atoms with van der Waals surface area (Å²) in [4.78, 5) is 0. The molecule has 3 aromatic carbocycles. The Morgan fingerprint density at radius 3 is 2.50 bits per heavy atom. The van der Waals surface area contributed by atoms with Crippen LogP contribution in [0.5, 0.6) is 0 Å². The van der Waals surface area contributed by atoms with Gasteiger partial charge in [-0.05, 0) is 73.6 Å². The van der Waals surface area contributed by atoms with E-state index in [2.05, 4.69) is 77.4 Å². The average molecular weight is 416 g/mol. The Hall–Kier alpha value is -3.52. The second kappa shape index (κ2) is 7.00. The molecule has 1 atom stereocenters. The second-order valence-corrected chi connectivity index (χ2v) is 9.15. The van der Waals surface area contributed by atoms with Crippen molar-refractivity contribution < 1.29 is 4.42 Å². The van der Waals surface area contributed by atoms with E-state index in [0.717, 1.165) is 30.4 Å². The molecule has 0 spiro atoms. The minimum atomic E-state index is 0.581. The van der Waals surface area contributed by atoms with Gasteiger partial charge in [0, 0.05) is 39.0 Å². The van der Waals surface area contributed by atoms with E-state index in [9.17, 15) is 0 Å². The standard InChI is InChI=1S/C30H25NO/c1-2-8-22(9-3-1)31-27-12-6-4-10-23(27)25-18-20(14-16-28(25)31)21-15-17-30-26(19-21)24-11-5-7-13-29(24)32-30/h1-2,4-5,7,10-11,13-19,22H,3,6,8-9,12H2. The minimum absolute atomic E-state index is 0.581. The Morgan fingerprint density at radius 1 is 0.750 bits per heavy atom. The van der Waals surface area contributed by atoms with Crippen LogP contribution in [0.1, 0.15) is 43.0 Å². The van der Waals surface area contributed by atoms with Crippen molar-refractivity contribution in [3.8, 4) is 11.1 Å². The lowest BCUT2D eigenvalue weighted by atomic mass is 9.98. The van der Waals surface area contributed by atoms with Crippen LogP contribution in [0.25, 0.3) is 50.0 Å². The van der Waals surface area contributed by atoms with E-state index in [1.54, 1.807) is 0 Å². The predicted octanol–water partition coefficient (Wildman–Crippen LogP) is 8.45. The maximum Gasteiger partial charge on any atom is 0.135 e. The first-order chi connectivity index (χ1) is 15.9. The zero-order valence-electron chi connectivity index (χ0n) is 18.1. The van der Waals surface area contributed by atoms with E-state index in [4.69, 9.17) is 4.42 Å². The Bertz CT molecular complexity index is 1560. The van der Waals surface area contributed by atoms with Crippen LogP contribution in [0.3, 0.4) is 0 Å². The Balaban J connectivity index is 1.42. The zero-order valence-corrected chi connectivity index (χ0v) is 18.1. The fourth-order valence-corrected chi connectivity index (χ4v) is 5.77. The molecular weight excluding hydrogens is 390 g/mol. The molecule has 32 heavy (non-hydrogen) atoms. The number of furan rings is 1. The summed E-state index contributed by atoms with van der Waals surface area (Å²) in [7, 11) is 0. The van der Waals surface area contributed by atoms with Crippen molar-refractivity contribution in [3.05, 3.63) is 90.1 Å². The van der Waals surface area contributed by atoms with Crippen LogP contribution in [0, 0.1) is 0 Å². The van der Waals surface area contributed by atoms with Gasteiger partial charge in [-0.25, -0.2) is 0 Å². The van der Waals surface area contributed by atoms with E-state index in [1.165, 1.54) is 56.9 Å². The van der Waals surface area contributed by atoms with Crippen molar-refractivity contribution in [1.82, 2.24) is 4.57 Å². The third kappa shape index (κ3) is 2.65. The number of fused-ring (bicyclic) bond motifs is 6. The first-order valence-electron chi connectivity index (χ1n) is 11.8. The molecule has 2 heterocycles. The summed E-state index contributed by atoms with van der Waals surface area (Å²) in [6, 6.07) is 22.5. The van der Waals surface area contributed by atoms with Gasteiger partial charge in [-0.1, -0.05) is 54.6 Å². The first kappa shape index (κ1) is 18.1. The molecule has 2 aliphatic carbocycles. The smallest absolute Gasteiger partial charge is 0.135 e. The van der Waals surface area contributed by atoms with Crippen molar-refractivity contribution in [1.29, 1.82) is 0 Å². The van der Waals surface area contributed by atoms with Crippen molar-refractivity contribution in [2.45, 2.75) is 38.1 Å². The molecule has 2 aromatic heterocycles. The molecule has 0 radical (unpaired) electrons. The summed E-state index contributed by atoms with van der Waals surface area (Å²) < 4.78 is 8.70. The highest BCUT2D eigenvalue weighted by Gasteiger charge is 2.23. The summed E-state index contributed by atoms with van der Waals surface area (Å²) >= 11 is 0. The molecule has 0 saturated carbocycles. The van der Waals surface area contributed by atoms with Gasteiger partial charge < -0.3 is 8.98 Å². The molecule has 0 bridgehead atoms. The minimum Gasteiger partial charge on any atom is -0.456 e. The molecule has 7 rings (SSSR count). The van der Waals surface area contributed by atoms with E-state index >= 15 is 0 Å². The topological polar surface area (TPSA) is 18.1 Å². The quantitative estimate of drug-likeness (QED) is 0.264. The molecule has 5 aromatic rings. The second-order valence-electron chi connectivity index (χ2n) is 9.15. The molecular formula is C30H25NO. The molecule has 2 aliphatic rings.